The number of benzene rings is 3. The number of rotatable bonds is 10. The molecule has 14 heteroatoms. The molecule has 0 saturated carbocycles. The van der Waals surface area contributed by atoms with Crippen LogP contribution in [0, 0.1) is 5.92 Å². The summed E-state index contributed by atoms with van der Waals surface area (Å²) in [5, 5.41) is 3.31. The summed E-state index contributed by atoms with van der Waals surface area (Å²) < 4.78 is 80.9. The van der Waals surface area contributed by atoms with Crippen molar-refractivity contribution in [2.24, 2.45) is 5.92 Å². The molecule has 0 radical (unpaired) electrons. The standard InChI is InChI=1S/C34H30F6N4O4/c1-43(17-21-11-23(33(35,36)37)15-24(12-21)34(38,39)40)31(47)26(14-22-16-41-27-10-6-5-9-25(22)27)29(45)18-44-19-30(46)42-28(32(44)48)13-20-7-3-2-4-8-20/h2-12,15-16,26,28,41H,13-14,17-19H2,1H3,(H,42,46). The van der Waals surface area contributed by atoms with Gasteiger partial charge in [0.1, 0.15) is 18.5 Å². The van der Waals surface area contributed by atoms with E-state index in [0.29, 0.717) is 28.6 Å². The lowest BCUT2D eigenvalue weighted by Crippen LogP contribution is -2.60. The quantitative estimate of drug-likeness (QED) is 0.180. The van der Waals surface area contributed by atoms with E-state index in [4.69, 9.17) is 0 Å². The summed E-state index contributed by atoms with van der Waals surface area (Å²) in [6.45, 7) is -1.73. The highest BCUT2D eigenvalue weighted by Crippen LogP contribution is 2.36. The van der Waals surface area contributed by atoms with Gasteiger partial charge in [0.05, 0.1) is 17.7 Å². The molecule has 3 aromatic carbocycles. The van der Waals surface area contributed by atoms with E-state index in [1.165, 1.54) is 7.05 Å². The van der Waals surface area contributed by atoms with Crippen molar-refractivity contribution in [1.29, 1.82) is 0 Å². The van der Waals surface area contributed by atoms with Crippen LogP contribution < -0.4 is 5.32 Å². The zero-order valence-corrected chi connectivity index (χ0v) is 25.5. The second-order valence-electron chi connectivity index (χ2n) is 11.7. The van der Waals surface area contributed by atoms with Gasteiger partial charge in [-0.05, 0) is 47.4 Å². The molecule has 5 rings (SSSR count). The molecule has 2 heterocycles. The number of nitrogens with one attached hydrogen (secondary N) is 2. The molecule has 1 aromatic heterocycles. The fraction of sp³-hybridized carbons (Fsp3) is 0.294. The van der Waals surface area contributed by atoms with E-state index in [0.717, 1.165) is 15.4 Å². The SMILES string of the molecule is CN(Cc1cc(C(F)(F)F)cc(C(F)(F)F)c1)C(=O)C(Cc1c[nH]c2ccccc12)C(=O)CN1CC(=O)NC(Cc2ccccc2)C1=O. The maximum atomic E-state index is 13.9. The number of H-pyrrole nitrogens is 1. The van der Waals surface area contributed by atoms with E-state index in [1.807, 2.05) is 0 Å². The van der Waals surface area contributed by atoms with Crippen LogP contribution in [-0.4, -0.2) is 64.5 Å². The lowest BCUT2D eigenvalue weighted by molar-refractivity contribution is -0.148. The second-order valence-corrected chi connectivity index (χ2v) is 11.7. The van der Waals surface area contributed by atoms with Crippen molar-refractivity contribution >= 4 is 34.4 Å². The number of nitrogens with zero attached hydrogens (tertiary/aromatic N) is 2. The molecule has 2 unspecified atom stereocenters. The number of hydrogen-bond donors (Lipinski definition) is 2. The highest BCUT2D eigenvalue weighted by molar-refractivity contribution is 6.05. The monoisotopic (exact) mass is 672 g/mol. The summed E-state index contributed by atoms with van der Waals surface area (Å²) in [4.78, 5) is 58.7. The van der Waals surface area contributed by atoms with Gasteiger partial charge in [0, 0.05) is 37.1 Å². The summed E-state index contributed by atoms with van der Waals surface area (Å²) in [6.07, 6.45) is -8.61. The molecule has 8 nitrogen and oxygen atoms in total. The van der Waals surface area contributed by atoms with E-state index in [1.54, 1.807) is 60.8 Å². The predicted octanol–water partition coefficient (Wildman–Crippen LogP) is 5.16. The van der Waals surface area contributed by atoms with Crippen LogP contribution in [0.2, 0.25) is 0 Å². The molecule has 252 valence electrons. The number of aromatic nitrogens is 1. The molecule has 2 N–H and O–H groups in total. The minimum Gasteiger partial charge on any atom is -0.361 e. The predicted molar refractivity (Wildman–Crippen MR) is 162 cm³/mol. The summed E-state index contributed by atoms with van der Waals surface area (Å²) in [5.74, 6) is -4.18. The van der Waals surface area contributed by atoms with Crippen molar-refractivity contribution in [2.45, 2.75) is 37.8 Å². The minimum absolute atomic E-state index is 0.00843. The Bertz CT molecular complexity index is 1800. The molecule has 1 aliphatic rings. The number of amides is 3. The molecule has 3 amide bonds. The zero-order valence-electron chi connectivity index (χ0n) is 25.5. The third kappa shape index (κ3) is 7.86. The number of fused-ring (bicyclic) bond motifs is 1. The molecule has 0 aliphatic carbocycles. The van der Waals surface area contributed by atoms with Crippen molar-refractivity contribution in [3.05, 3.63) is 107 Å². The molecule has 4 aromatic rings. The lowest BCUT2D eigenvalue weighted by atomic mass is 9.92. The fourth-order valence-electron chi connectivity index (χ4n) is 5.78. The maximum Gasteiger partial charge on any atom is 0.416 e. The van der Waals surface area contributed by atoms with Crippen LogP contribution in [0.15, 0.2) is 79.0 Å². The van der Waals surface area contributed by atoms with Gasteiger partial charge in [0.15, 0.2) is 5.78 Å². The first-order valence-corrected chi connectivity index (χ1v) is 14.8. The smallest absolute Gasteiger partial charge is 0.361 e. The highest BCUT2D eigenvalue weighted by atomic mass is 19.4. The van der Waals surface area contributed by atoms with Crippen LogP contribution >= 0.6 is 0 Å². The van der Waals surface area contributed by atoms with E-state index >= 15 is 0 Å². The Morgan fingerprint density at radius 2 is 1.52 bits per heavy atom. The van der Waals surface area contributed by atoms with E-state index < -0.39 is 84.1 Å². The number of carbonyl (C=O) groups is 4. The largest absolute Gasteiger partial charge is 0.416 e. The van der Waals surface area contributed by atoms with Crippen molar-refractivity contribution < 1.29 is 45.5 Å². The first kappa shape index (κ1) is 34.2. The number of para-hydroxylation sites is 1. The van der Waals surface area contributed by atoms with E-state index in [-0.39, 0.29) is 18.9 Å². The third-order valence-corrected chi connectivity index (χ3v) is 8.14. The summed E-state index contributed by atoms with van der Waals surface area (Å²) >= 11 is 0. The molecule has 1 fully saturated rings. The molecular weight excluding hydrogens is 642 g/mol. The average molecular weight is 673 g/mol. The van der Waals surface area contributed by atoms with Crippen LogP contribution in [0.25, 0.3) is 10.9 Å². The number of ketones is 1. The molecular formula is C34H30F6N4O4. The first-order chi connectivity index (χ1) is 22.6. The van der Waals surface area contributed by atoms with Gasteiger partial charge in [-0.1, -0.05) is 48.5 Å². The number of piperazine rings is 1. The van der Waals surface area contributed by atoms with Gasteiger partial charge < -0.3 is 20.1 Å². The van der Waals surface area contributed by atoms with Crippen molar-refractivity contribution in [3.63, 3.8) is 0 Å². The number of alkyl halides is 6. The molecule has 1 aliphatic heterocycles. The van der Waals surface area contributed by atoms with Gasteiger partial charge in [-0.3, -0.25) is 19.2 Å². The number of halogens is 6. The van der Waals surface area contributed by atoms with Crippen LogP contribution in [0.1, 0.15) is 27.8 Å². The topological polar surface area (TPSA) is 103 Å². The molecule has 0 spiro atoms. The van der Waals surface area contributed by atoms with Crippen molar-refractivity contribution in [1.82, 2.24) is 20.1 Å². The van der Waals surface area contributed by atoms with Gasteiger partial charge in [0.2, 0.25) is 17.7 Å². The molecule has 48 heavy (non-hydrogen) atoms. The first-order valence-electron chi connectivity index (χ1n) is 14.8. The van der Waals surface area contributed by atoms with Crippen molar-refractivity contribution in [2.75, 3.05) is 20.1 Å². The summed E-state index contributed by atoms with van der Waals surface area (Å²) in [6, 6.07) is 16.0. The van der Waals surface area contributed by atoms with Gasteiger partial charge in [0.25, 0.3) is 0 Å². The Labute approximate surface area is 270 Å². The minimum atomic E-state index is -5.09. The lowest BCUT2D eigenvalue weighted by Gasteiger charge is -2.33. The molecule has 1 saturated heterocycles. The highest BCUT2D eigenvalue weighted by Gasteiger charge is 2.39. The Balaban J connectivity index is 1.42. The maximum absolute atomic E-state index is 13.9. The van der Waals surface area contributed by atoms with Crippen LogP contribution in [0.5, 0.6) is 0 Å². The number of aromatic amines is 1. The average Bonchev–Trinajstić information content (AvgIpc) is 3.44. The number of Topliss-reactive ketones (excluding diaryl/α,β-unsaturated/α-hetero) is 1. The Kier molecular flexibility index (Phi) is 9.64. The third-order valence-electron chi connectivity index (χ3n) is 8.14. The van der Waals surface area contributed by atoms with Gasteiger partial charge >= 0.3 is 12.4 Å². The number of hydrogen-bond acceptors (Lipinski definition) is 4. The summed E-state index contributed by atoms with van der Waals surface area (Å²) in [7, 11) is 1.17. The van der Waals surface area contributed by atoms with Crippen LogP contribution in [-0.2, 0) is 50.9 Å². The van der Waals surface area contributed by atoms with Crippen LogP contribution in [0.3, 0.4) is 0 Å². The molecule has 0 bridgehead atoms. The van der Waals surface area contributed by atoms with Gasteiger partial charge in [-0.15, -0.1) is 0 Å². The fourth-order valence-corrected chi connectivity index (χ4v) is 5.78. The zero-order chi connectivity index (χ0) is 34.8. The van der Waals surface area contributed by atoms with Crippen LogP contribution in [0.4, 0.5) is 26.3 Å². The number of carbonyl (C=O) groups excluding carboxylic acids is 4. The Hall–Kier alpha value is -5.14. The molecule has 2 atom stereocenters. The second kappa shape index (κ2) is 13.5. The normalized spacial score (nSPS) is 16.1. The van der Waals surface area contributed by atoms with Crippen molar-refractivity contribution in [3.8, 4) is 0 Å². The van der Waals surface area contributed by atoms with Gasteiger partial charge in [-0.2, -0.15) is 26.3 Å². The Morgan fingerprint density at radius 1 is 0.896 bits per heavy atom. The van der Waals surface area contributed by atoms with E-state index in [9.17, 15) is 45.5 Å². The Morgan fingerprint density at radius 3 is 2.17 bits per heavy atom. The van der Waals surface area contributed by atoms with E-state index in [2.05, 4.69) is 10.3 Å². The summed E-state index contributed by atoms with van der Waals surface area (Å²) in [5.41, 5.74) is -1.50. The van der Waals surface area contributed by atoms with Gasteiger partial charge in [-0.25, -0.2) is 0 Å².